The molecule has 0 aliphatic carbocycles. The number of carbonyl (C=O) groups is 2. The number of hydrogen-bond acceptors (Lipinski definition) is 7. The van der Waals surface area contributed by atoms with Crippen LogP contribution in [0.1, 0.15) is 234 Å². The van der Waals surface area contributed by atoms with Crippen molar-refractivity contribution in [2.24, 2.45) is 0 Å². The number of hydrogen-bond donors (Lipinski definition) is 0. The van der Waals surface area contributed by atoms with Crippen LogP contribution < -0.4 is 36.9 Å². The number of halogens is 2. The van der Waals surface area contributed by atoms with Crippen molar-refractivity contribution in [3.05, 3.63) is 312 Å². The van der Waals surface area contributed by atoms with Crippen molar-refractivity contribution in [2.45, 2.75) is 171 Å². The SMILES string of the molecule is CC(C)c1cccc(C(C)C)c1N1Cc2cc(Cl)c3c4c(Cl)cc5c(=O)n(-c6c(C(C)C)cccc6C(C)C)c(=O)c6c5c4c4c5c(cc(c2c35)C1=O)c1c2c3c(cc5c7c3c3c8c(cc9c(=O)n(-c%10c(C(C)C)cccc%10C(C)C)c(=O)c%10cc(c7c8c9%10)n5-c5ccc(N(c7ccccc7)c7ccccc7)cc5)c6c4c13)CN(c1c(C(C)C)cccc1C(C)C)C2=O. The van der Waals surface area contributed by atoms with E-state index in [1.807, 2.05) is 76.5 Å². The number of amides is 2. The molecular weight excluding hydrogens is 1620 g/mol. The van der Waals surface area contributed by atoms with Crippen LogP contribution in [-0.4, -0.2) is 25.5 Å². The summed E-state index contributed by atoms with van der Waals surface area (Å²) >= 11 is 16.7. The van der Waals surface area contributed by atoms with E-state index in [0.717, 1.165) is 122 Å². The molecule has 0 bridgehead atoms. The topological polar surface area (TPSA) is 127 Å². The molecule has 0 unspecified atom stereocenters. The van der Waals surface area contributed by atoms with E-state index in [4.69, 9.17) is 23.2 Å². The first-order chi connectivity index (χ1) is 61.6. The fourth-order valence-corrected chi connectivity index (χ4v) is 24.6. The molecule has 22 aromatic rings. The molecule has 2 amide bonds. The lowest BCUT2D eigenvalue weighted by Gasteiger charge is -2.37. The summed E-state index contributed by atoms with van der Waals surface area (Å²) in [6.07, 6.45) is 0. The Kier molecular flexibility index (Phi) is 16.6. The number of pyridine rings is 2. The van der Waals surface area contributed by atoms with Gasteiger partial charge in [-0.1, -0.05) is 243 Å². The van der Waals surface area contributed by atoms with Crippen molar-refractivity contribution in [1.29, 1.82) is 0 Å². The van der Waals surface area contributed by atoms with E-state index in [0.29, 0.717) is 130 Å². The minimum absolute atomic E-state index is 0.0199. The first-order valence-corrected chi connectivity index (χ1v) is 46.2. The number of para-hydroxylation sites is 6. The number of benzene rings is 19. The number of aromatic nitrogens is 3. The van der Waals surface area contributed by atoms with Gasteiger partial charge in [-0.15, -0.1) is 0 Å². The van der Waals surface area contributed by atoms with Crippen LogP contribution >= 0.6 is 23.2 Å². The second kappa shape index (κ2) is 27.2. The van der Waals surface area contributed by atoms with Crippen LogP contribution in [0.25, 0.3) is 168 Å². The maximum absolute atomic E-state index is 18.5. The third-order valence-electron chi connectivity index (χ3n) is 29.3. The highest BCUT2D eigenvalue weighted by molar-refractivity contribution is 6.63. The van der Waals surface area contributed by atoms with Crippen molar-refractivity contribution >= 4 is 215 Å². The molecule has 128 heavy (non-hydrogen) atoms. The number of fused-ring (bicyclic) bond motifs is 5. The van der Waals surface area contributed by atoms with Gasteiger partial charge in [0.15, 0.2) is 0 Å². The predicted octanol–water partition coefficient (Wildman–Crippen LogP) is 29.2. The molecule has 0 saturated carbocycles. The van der Waals surface area contributed by atoms with Crippen molar-refractivity contribution < 1.29 is 9.59 Å². The molecule has 19 aromatic carbocycles. The second-order valence-electron chi connectivity index (χ2n) is 39.0. The number of anilines is 5. The van der Waals surface area contributed by atoms with Crippen molar-refractivity contribution in [1.82, 2.24) is 13.7 Å². The molecule has 0 fully saturated rings. The molecule has 24 rings (SSSR count). The highest BCUT2D eigenvalue weighted by Crippen LogP contribution is 2.64. The molecule has 3 aromatic heterocycles. The van der Waals surface area contributed by atoms with Crippen LogP contribution in [0.2, 0.25) is 10.0 Å². The summed E-state index contributed by atoms with van der Waals surface area (Å²) in [6.45, 7) is 34.5. The molecule has 5 heterocycles. The van der Waals surface area contributed by atoms with Gasteiger partial charge >= 0.3 is 0 Å². The van der Waals surface area contributed by atoms with Gasteiger partial charge in [0.05, 0.1) is 68.6 Å². The highest BCUT2D eigenvalue weighted by Gasteiger charge is 2.44. The molecular formula is C114H92Cl2N6O6. The van der Waals surface area contributed by atoms with Crippen LogP contribution in [0.3, 0.4) is 0 Å². The second-order valence-corrected chi connectivity index (χ2v) is 39.8. The van der Waals surface area contributed by atoms with Crippen molar-refractivity contribution in [2.75, 3.05) is 14.7 Å². The highest BCUT2D eigenvalue weighted by atomic mass is 35.5. The molecule has 0 N–H and O–H groups in total. The Bertz CT molecular complexity index is 8740. The quantitative estimate of drug-likeness (QED) is 0.0696. The molecule has 628 valence electrons. The zero-order valence-electron chi connectivity index (χ0n) is 74.4. The summed E-state index contributed by atoms with van der Waals surface area (Å²) in [7, 11) is 0. The molecule has 0 spiro atoms. The Labute approximate surface area is 748 Å². The Morgan fingerprint density at radius 1 is 0.258 bits per heavy atom. The lowest BCUT2D eigenvalue weighted by molar-refractivity contribution is 0.0977. The summed E-state index contributed by atoms with van der Waals surface area (Å²) in [5.74, 6) is -1.12. The fourth-order valence-electron chi connectivity index (χ4n) is 24.0. The summed E-state index contributed by atoms with van der Waals surface area (Å²) in [5.41, 5.74) is 15.6. The van der Waals surface area contributed by atoms with Gasteiger partial charge in [-0.2, -0.15) is 0 Å². The van der Waals surface area contributed by atoms with Gasteiger partial charge in [-0.25, -0.2) is 9.13 Å². The Morgan fingerprint density at radius 3 is 1.07 bits per heavy atom. The van der Waals surface area contributed by atoms with Crippen LogP contribution in [0, 0.1) is 0 Å². The maximum atomic E-state index is 18.5. The standard InChI is InChI=1S/C114H92Cl2N6O6/c1-51(2)65-31-23-32-66(52(3)4)105(65)117-49-59-43-79(115)91-92-80(116)47-77-90-98(92)100-86-73(45-75(109(117)123)83(59)95(86)91)88-101-99-87-74(89(102(100)101)104(90)114(128)122(111(77)125)108-71(57(13)14)37-26-38-72(108)58(15)16)46-76-85-78(112(126)121(110(76)124)107-69(55(9)10)35-25-36-70(107)56(11)12)48-82-94(97(85)87)93-81(120(82)64-41-39-63(40-42-64)119(61-27-19-17-20-28-61)62-29-21-18-22-30-62)44-60-50-118(113(127)103(88)84(60)96(93)99)106-67(53(5)6)33-24-34-68(106)54(7)8/h17-48,51-58H,49-50H2,1-16H3. The van der Waals surface area contributed by atoms with E-state index in [1.165, 1.54) is 9.13 Å². The largest absolute Gasteiger partial charge is 0.311 e. The number of carbonyl (C=O) groups excluding carboxylic acids is 2. The summed E-state index contributed by atoms with van der Waals surface area (Å²) in [6, 6.07) is 66.4. The minimum Gasteiger partial charge on any atom is -0.311 e. The molecule has 0 saturated heterocycles. The summed E-state index contributed by atoms with van der Waals surface area (Å²) in [4.78, 5) is 112. The Hall–Kier alpha value is -13.3. The van der Waals surface area contributed by atoms with E-state index < -0.39 is 22.2 Å². The lowest BCUT2D eigenvalue weighted by Crippen LogP contribution is -2.36. The summed E-state index contributed by atoms with van der Waals surface area (Å²) in [5, 5.41) is 15.6. The minimum atomic E-state index is -0.574. The van der Waals surface area contributed by atoms with E-state index in [2.05, 4.69) is 242 Å². The average Bonchev–Trinajstić information content (AvgIpc) is 1.07. The predicted molar refractivity (Wildman–Crippen MR) is 535 cm³/mol. The number of rotatable bonds is 16. The van der Waals surface area contributed by atoms with Crippen LogP contribution in [-0.2, 0) is 13.1 Å². The third kappa shape index (κ3) is 9.92. The van der Waals surface area contributed by atoms with Gasteiger partial charge in [0, 0.05) is 141 Å². The van der Waals surface area contributed by atoms with Crippen molar-refractivity contribution in [3.63, 3.8) is 0 Å². The molecule has 14 heteroatoms. The van der Waals surface area contributed by atoms with Crippen LogP contribution in [0.5, 0.6) is 0 Å². The van der Waals surface area contributed by atoms with Gasteiger partial charge in [-0.05, 0) is 209 Å². The smallest absolute Gasteiger partial charge is 0.266 e. The molecule has 0 radical (unpaired) electrons. The molecule has 12 nitrogen and oxygen atoms in total. The first kappa shape index (κ1) is 78.2. The molecule has 2 aliphatic rings. The fraction of sp³-hybridized carbons (Fsp3) is 0.228. The van der Waals surface area contributed by atoms with Crippen molar-refractivity contribution in [3.8, 4) is 17.1 Å². The Balaban J connectivity index is 0.999. The monoisotopic (exact) mass is 1710 g/mol. The molecule has 2 aliphatic heterocycles. The third-order valence-corrected chi connectivity index (χ3v) is 29.9. The summed E-state index contributed by atoms with van der Waals surface area (Å²) < 4.78 is 5.18. The van der Waals surface area contributed by atoms with Gasteiger partial charge in [0.2, 0.25) is 0 Å². The first-order valence-electron chi connectivity index (χ1n) is 45.4. The number of nitrogens with zero attached hydrogens (tertiary/aromatic N) is 6. The normalized spacial score (nSPS) is 13.9. The maximum Gasteiger partial charge on any atom is 0.266 e. The van der Waals surface area contributed by atoms with E-state index in [1.54, 1.807) is 6.07 Å². The Morgan fingerprint density at radius 2 is 0.602 bits per heavy atom. The van der Waals surface area contributed by atoms with Gasteiger partial charge in [0.25, 0.3) is 34.1 Å². The van der Waals surface area contributed by atoms with Gasteiger partial charge < -0.3 is 19.3 Å². The van der Waals surface area contributed by atoms with Crippen LogP contribution in [0.4, 0.5) is 28.4 Å². The van der Waals surface area contributed by atoms with Gasteiger partial charge in [0.1, 0.15) is 0 Å². The average molecular weight is 1710 g/mol. The van der Waals surface area contributed by atoms with E-state index in [9.17, 15) is 0 Å². The van der Waals surface area contributed by atoms with Crippen LogP contribution in [0.15, 0.2) is 213 Å². The lowest BCUT2D eigenvalue weighted by atomic mass is 9.72. The van der Waals surface area contributed by atoms with E-state index >= 15 is 28.8 Å². The van der Waals surface area contributed by atoms with Gasteiger partial charge in [-0.3, -0.25) is 28.8 Å². The molecule has 0 atom stereocenters. The zero-order valence-corrected chi connectivity index (χ0v) is 75.9. The zero-order chi connectivity index (χ0) is 88.5. The van der Waals surface area contributed by atoms with E-state index in [-0.39, 0.29) is 93.4 Å².